The molecule has 0 radical (unpaired) electrons. The van der Waals surface area contributed by atoms with Crippen LogP contribution in [0.3, 0.4) is 0 Å². The number of halogens is 1. The number of nitriles is 1. The number of hydrogen-bond donors (Lipinski definition) is 1. The molecule has 4 nitrogen and oxygen atoms in total. The number of Topliss-reactive ketones (excluding diaryl/α,β-unsaturated/α-hetero) is 1. The van der Waals surface area contributed by atoms with E-state index in [1.165, 1.54) is 0 Å². The number of carbonyl (C=O) groups excluding carboxylic acids is 1. The molecule has 0 saturated heterocycles. The molecular formula is C15H10BrN3O. The maximum atomic E-state index is 11.7. The number of aromatic amines is 1. The molecule has 0 aliphatic rings. The first kappa shape index (κ1) is 12.8. The van der Waals surface area contributed by atoms with Crippen LogP contribution in [0.1, 0.15) is 29.4 Å². The minimum atomic E-state index is 0.00475. The number of rotatable bonds is 2. The lowest BCUT2D eigenvalue weighted by molar-refractivity contribution is 0.0983. The van der Waals surface area contributed by atoms with Crippen molar-refractivity contribution in [3.05, 3.63) is 40.1 Å². The van der Waals surface area contributed by atoms with E-state index in [4.69, 9.17) is 0 Å². The molecule has 0 bridgehead atoms. The number of benzene rings is 1. The predicted molar refractivity (Wildman–Crippen MR) is 80.6 cm³/mol. The van der Waals surface area contributed by atoms with Crippen molar-refractivity contribution in [2.24, 2.45) is 0 Å². The number of nitrogens with one attached hydrogen (secondary N) is 1. The molecular weight excluding hydrogens is 318 g/mol. The summed E-state index contributed by atoms with van der Waals surface area (Å²) in [4.78, 5) is 19.2. The van der Waals surface area contributed by atoms with Crippen LogP contribution in [0.4, 0.5) is 0 Å². The Bertz CT molecular complexity index is 889. The van der Waals surface area contributed by atoms with Crippen LogP contribution in [0.25, 0.3) is 21.8 Å². The Morgan fingerprint density at radius 1 is 1.50 bits per heavy atom. The fourth-order valence-corrected chi connectivity index (χ4v) is 2.83. The molecule has 1 N–H and O–H groups in total. The Kier molecular flexibility index (Phi) is 3.03. The van der Waals surface area contributed by atoms with Crippen LogP contribution in [0.15, 0.2) is 28.9 Å². The van der Waals surface area contributed by atoms with Gasteiger partial charge in [-0.05, 0) is 18.2 Å². The average molecular weight is 328 g/mol. The van der Waals surface area contributed by atoms with Crippen LogP contribution >= 0.6 is 15.9 Å². The molecule has 3 rings (SSSR count). The molecule has 98 valence electrons. The monoisotopic (exact) mass is 327 g/mol. The molecule has 0 amide bonds. The molecule has 0 atom stereocenters. The minimum Gasteiger partial charge on any atom is -0.353 e. The first-order chi connectivity index (χ1) is 9.65. The Hall–Kier alpha value is -2.19. The van der Waals surface area contributed by atoms with Gasteiger partial charge in [0.2, 0.25) is 0 Å². The standard InChI is InChI=1S/C15H10BrN3O/c1-2-13(20)12-5-11-9(7-18-12)14-10(16)4-3-8(6-17)15(14)19-11/h3-5,7,19H,2H2,1H3. The second-order valence-corrected chi connectivity index (χ2v) is 5.33. The lowest BCUT2D eigenvalue weighted by Gasteiger charge is -1.98. The highest BCUT2D eigenvalue weighted by Gasteiger charge is 2.13. The van der Waals surface area contributed by atoms with Gasteiger partial charge in [0.25, 0.3) is 0 Å². The van der Waals surface area contributed by atoms with Gasteiger partial charge in [0.15, 0.2) is 5.78 Å². The average Bonchev–Trinajstić information content (AvgIpc) is 2.86. The van der Waals surface area contributed by atoms with Crippen LogP contribution in [0.5, 0.6) is 0 Å². The zero-order chi connectivity index (χ0) is 14.3. The van der Waals surface area contributed by atoms with Crippen molar-refractivity contribution in [3.63, 3.8) is 0 Å². The van der Waals surface area contributed by atoms with E-state index in [2.05, 4.69) is 32.0 Å². The smallest absolute Gasteiger partial charge is 0.180 e. The van der Waals surface area contributed by atoms with Gasteiger partial charge in [-0.2, -0.15) is 5.26 Å². The summed E-state index contributed by atoms with van der Waals surface area (Å²) in [7, 11) is 0. The van der Waals surface area contributed by atoms with Crippen molar-refractivity contribution >= 4 is 43.5 Å². The van der Waals surface area contributed by atoms with Gasteiger partial charge in [0, 0.05) is 27.9 Å². The summed E-state index contributed by atoms with van der Waals surface area (Å²) in [6.07, 6.45) is 2.11. The first-order valence-corrected chi connectivity index (χ1v) is 6.98. The first-order valence-electron chi connectivity index (χ1n) is 6.19. The van der Waals surface area contributed by atoms with E-state index < -0.39 is 0 Å². The SMILES string of the molecule is CCC(=O)c1cc2[nH]c3c(C#N)ccc(Br)c3c2cn1. The molecule has 0 fully saturated rings. The lowest BCUT2D eigenvalue weighted by atomic mass is 10.1. The van der Waals surface area contributed by atoms with Crippen molar-refractivity contribution in [1.29, 1.82) is 5.26 Å². The lowest BCUT2D eigenvalue weighted by Crippen LogP contribution is -1.99. The van der Waals surface area contributed by atoms with Crippen LogP contribution in [0, 0.1) is 11.3 Å². The molecule has 0 saturated carbocycles. The summed E-state index contributed by atoms with van der Waals surface area (Å²) in [6.45, 7) is 1.81. The van der Waals surface area contributed by atoms with Crippen LogP contribution < -0.4 is 0 Å². The zero-order valence-electron chi connectivity index (χ0n) is 10.7. The van der Waals surface area contributed by atoms with Crippen LogP contribution in [-0.4, -0.2) is 15.8 Å². The van der Waals surface area contributed by atoms with Crippen molar-refractivity contribution in [2.75, 3.05) is 0 Å². The highest BCUT2D eigenvalue weighted by molar-refractivity contribution is 9.10. The van der Waals surface area contributed by atoms with E-state index in [1.807, 2.05) is 13.0 Å². The van der Waals surface area contributed by atoms with Crippen molar-refractivity contribution in [1.82, 2.24) is 9.97 Å². The van der Waals surface area contributed by atoms with E-state index in [1.54, 1.807) is 18.3 Å². The number of aromatic nitrogens is 2. The fourth-order valence-electron chi connectivity index (χ4n) is 2.29. The van der Waals surface area contributed by atoms with Crippen LogP contribution in [-0.2, 0) is 0 Å². The third kappa shape index (κ3) is 1.81. The van der Waals surface area contributed by atoms with Crippen molar-refractivity contribution in [3.8, 4) is 6.07 Å². The van der Waals surface area contributed by atoms with Gasteiger partial charge >= 0.3 is 0 Å². The van der Waals surface area contributed by atoms with Gasteiger partial charge in [0.1, 0.15) is 11.8 Å². The van der Waals surface area contributed by atoms with Crippen molar-refractivity contribution in [2.45, 2.75) is 13.3 Å². The van der Waals surface area contributed by atoms with E-state index in [-0.39, 0.29) is 5.78 Å². The number of nitrogens with zero attached hydrogens (tertiary/aromatic N) is 2. The molecule has 2 heterocycles. The number of carbonyl (C=O) groups is 1. The second-order valence-electron chi connectivity index (χ2n) is 4.47. The van der Waals surface area contributed by atoms with Crippen molar-refractivity contribution < 1.29 is 4.79 Å². The van der Waals surface area contributed by atoms with Gasteiger partial charge in [-0.3, -0.25) is 9.78 Å². The Balaban J connectivity index is 2.40. The van der Waals surface area contributed by atoms with Gasteiger partial charge in [0.05, 0.1) is 16.6 Å². The van der Waals surface area contributed by atoms with E-state index in [9.17, 15) is 10.1 Å². The van der Waals surface area contributed by atoms with E-state index in [0.29, 0.717) is 17.7 Å². The van der Waals surface area contributed by atoms with Gasteiger partial charge in [-0.15, -0.1) is 0 Å². The molecule has 1 aromatic carbocycles. The second kappa shape index (κ2) is 4.73. The largest absolute Gasteiger partial charge is 0.353 e. The Morgan fingerprint density at radius 2 is 2.30 bits per heavy atom. The maximum Gasteiger partial charge on any atom is 0.180 e. The summed E-state index contributed by atoms with van der Waals surface area (Å²) in [5.74, 6) is 0.00475. The fraction of sp³-hybridized carbons (Fsp3) is 0.133. The van der Waals surface area contributed by atoms with Crippen LogP contribution in [0.2, 0.25) is 0 Å². The highest BCUT2D eigenvalue weighted by atomic mass is 79.9. The quantitative estimate of drug-likeness (QED) is 0.724. The highest BCUT2D eigenvalue weighted by Crippen LogP contribution is 2.33. The van der Waals surface area contributed by atoms with E-state index >= 15 is 0 Å². The summed E-state index contributed by atoms with van der Waals surface area (Å²) >= 11 is 3.50. The topological polar surface area (TPSA) is 69.5 Å². The number of hydrogen-bond acceptors (Lipinski definition) is 3. The summed E-state index contributed by atoms with van der Waals surface area (Å²) in [6, 6.07) is 7.52. The Labute approximate surface area is 123 Å². The predicted octanol–water partition coefficient (Wildman–Crippen LogP) is 3.94. The van der Waals surface area contributed by atoms with Gasteiger partial charge in [-0.25, -0.2) is 0 Å². The molecule has 2 aromatic heterocycles. The zero-order valence-corrected chi connectivity index (χ0v) is 12.3. The maximum absolute atomic E-state index is 11.7. The van der Waals surface area contributed by atoms with Gasteiger partial charge in [-0.1, -0.05) is 22.9 Å². The molecule has 0 aliphatic carbocycles. The number of fused-ring (bicyclic) bond motifs is 3. The summed E-state index contributed by atoms with van der Waals surface area (Å²) in [5, 5.41) is 11.0. The molecule has 0 spiro atoms. The van der Waals surface area contributed by atoms with Gasteiger partial charge < -0.3 is 4.98 Å². The molecule has 0 unspecified atom stereocenters. The number of pyridine rings is 1. The number of H-pyrrole nitrogens is 1. The molecule has 20 heavy (non-hydrogen) atoms. The third-order valence-corrected chi connectivity index (χ3v) is 3.98. The minimum absolute atomic E-state index is 0.00475. The Morgan fingerprint density at radius 3 is 3.00 bits per heavy atom. The normalized spacial score (nSPS) is 10.8. The molecule has 3 aromatic rings. The number of ketones is 1. The van der Waals surface area contributed by atoms with E-state index in [0.717, 1.165) is 26.3 Å². The molecule has 5 heteroatoms. The molecule has 0 aliphatic heterocycles. The third-order valence-electron chi connectivity index (χ3n) is 3.31. The summed E-state index contributed by atoms with van der Waals surface area (Å²) in [5.41, 5.74) is 2.60. The summed E-state index contributed by atoms with van der Waals surface area (Å²) < 4.78 is 0.897.